The Hall–Kier alpha value is -2.31. The van der Waals surface area contributed by atoms with Crippen molar-refractivity contribution < 1.29 is 9.53 Å². The van der Waals surface area contributed by atoms with Crippen LogP contribution in [0.2, 0.25) is 0 Å². The first-order chi connectivity index (χ1) is 12.2. The van der Waals surface area contributed by atoms with Crippen LogP contribution in [0.1, 0.15) is 17.3 Å². The molecule has 1 amide bonds. The normalized spacial score (nSPS) is 10.5. The van der Waals surface area contributed by atoms with Crippen LogP contribution in [0.5, 0.6) is 5.75 Å². The molecule has 4 nitrogen and oxygen atoms in total. The minimum Gasteiger partial charge on any atom is -0.494 e. The predicted octanol–water partition coefficient (Wildman–Crippen LogP) is 5.18. The Kier molecular flexibility index (Phi) is 5.73. The topological polar surface area (TPSA) is 51.2 Å². The zero-order valence-corrected chi connectivity index (χ0v) is 15.6. The van der Waals surface area contributed by atoms with Gasteiger partial charge in [0.2, 0.25) is 0 Å². The summed E-state index contributed by atoms with van der Waals surface area (Å²) >= 11 is 3.06. The molecule has 0 fully saturated rings. The number of thioether (sulfide) groups is 1. The second-order valence-corrected chi connectivity index (χ2v) is 6.92. The van der Waals surface area contributed by atoms with Crippen LogP contribution < -0.4 is 10.1 Å². The van der Waals surface area contributed by atoms with Crippen molar-refractivity contribution in [2.45, 2.75) is 11.8 Å². The first kappa shape index (κ1) is 17.5. The van der Waals surface area contributed by atoms with Crippen molar-refractivity contribution in [2.24, 2.45) is 0 Å². The van der Waals surface area contributed by atoms with E-state index in [1.54, 1.807) is 11.8 Å². The summed E-state index contributed by atoms with van der Waals surface area (Å²) in [6.45, 7) is 2.60. The van der Waals surface area contributed by atoms with Crippen LogP contribution in [0.4, 0.5) is 5.13 Å². The largest absolute Gasteiger partial charge is 0.494 e. The number of carbonyl (C=O) groups excluding carboxylic acids is 1. The van der Waals surface area contributed by atoms with Gasteiger partial charge < -0.3 is 4.74 Å². The van der Waals surface area contributed by atoms with Gasteiger partial charge in [0.15, 0.2) is 5.13 Å². The van der Waals surface area contributed by atoms with E-state index in [0.29, 0.717) is 17.3 Å². The Morgan fingerprint density at radius 2 is 1.88 bits per heavy atom. The number of benzene rings is 2. The van der Waals surface area contributed by atoms with Crippen LogP contribution in [-0.4, -0.2) is 23.8 Å². The molecule has 1 heterocycles. The van der Waals surface area contributed by atoms with Gasteiger partial charge in [0, 0.05) is 21.4 Å². The maximum Gasteiger partial charge on any atom is 0.257 e. The molecular weight excluding hydrogens is 352 g/mol. The molecule has 0 saturated heterocycles. The molecule has 0 aliphatic carbocycles. The number of anilines is 1. The number of rotatable bonds is 6. The lowest BCUT2D eigenvalue weighted by Gasteiger charge is -2.04. The number of thiazole rings is 1. The summed E-state index contributed by atoms with van der Waals surface area (Å²) in [7, 11) is 0. The second-order valence-electron chi connectivity index (χ2n) is 5.18. The number of hydrogen-bond acceptors (Lipinski definition) is 5. The van der Waals surface area contributed by atoms with Gasteiger partial charge >= 0.3 is 0 Å². The highest BCUT2D eigenvalue weighted by Crippen LogP contribution is 2.27. The van der Waals surface area contributed by atoms with E-state index in [0.717, 1.165) is 21.9 Å². The van der Waals surface area contributed by atoms with Gasteiger partial charge in [-0.2, -0.15) is 0 Å². The number of hydrogen-bond donors (Lipinski definition) is 1. The lowest BCUT2D eigenvalue weighted by atomic mass is 10.2. The van der Waals surface area contributed by atoms with E-state index in [1.165, 1.54) is 11.3 Å². The molecule has 3 rings (SSSR count). The first-order valence-electron chi connectivity index (χ1n) is 7.83. The molecule has 0 spiro atoms. The third-order valence-corrected chi connectivity index (χ3v) is 5.04. The first-order valence-corrected chi connectivity index (χ1v) is 9.94. The van der Waals surface area contributed by atoms with Gasteiger partial charge in [0.1, 0.15) is 5.75 Å². The van der Waals surface area contributed by atoms with Crippen molar-refractivity contribution in [3.05, 3.63) is 59.5 Å². The molecular formula is C19H18N2O2S2. The maximum absolute atomic E-state index is 12.3. The SMILES string of the molecule is CCOc1ccc(-c2csc(NC(=O)c3ccc(SC)cc3)n2)cc1. The molecule has 0 atom stereocenters. The van der Waals surface area contributed by atoms with Crippen LogP contribution in [0.15, 0.2) is 58.8 Å². The Balaban J connectivity index is 1.69. The molecule has 0 saturated carbocycles. The van der Waals surface area contributed by atoms with Crippen molar-refractivity contribution in [2.75, 3.05) is 18.2 Å². The molecule has 128 valence electrons. The minimum absolute atomic E-state index is 0.153. The van der Waals surface area contributed by atoms with Crippen LogP contribution in [0, 0.1) is 0 Å². The number of nitrogens with zero attached hydrogens (tertiary/aromatic N) is 1. The van der Waals surface area contributed by atoms with Crippen molar-refractivity contribution in [3.63, 3.8) is 0 Å². The molecule has 6 heteroatoms. The summed E-state index contributed by atoms with van der Waals surface area (Å²) < 4.78 is 5.44. The molecule has 0 aliphatic heterocycles. The average molecular weight is 370 g/mol. The fraction of sp³-hybridized carbons (Fsp3) is 0.158. The summed E-state index contributed by atoms with van der Waals surface area (Å²) in [6.07, 6.45) is 2.01. The number of carbonyl (C=O) groups is 1. The molecule has 1 N–H and O–H groups in total. The van der Waals surface area contributed by atoms with E-state index in [-0.39, 0.29) is 5.91 Å². The minimum atomic E-state index is -0.153. The van der Waals surface area contributed by atoms with E-state index in [9.17, 15) is 4.79 Å². The van der Waals surface area contributed by atoms with Gasteiger partial charge in [0.25, 0.3) is 5.91 Å². The van der Waals surface area contributed by atoms with Crippen LogP contribution >= 0.6 is 23.1 Å². The quantitative estimate of drug-likeness (QED) is 0.607. The highest BCUT2D eigenvalue weighted by Gasteiger charge is 2.10. The van der Waals surface area contributed by atoms with Gasteiger partial charge in [-0.1, -0.05) is 0 Å². The number of nitrogens with one attached hydrogen (secondary N) is 1. The van der Waals surface area contributed by atoms with Crippen molar-refractivity contribution in [1.29, 1.82) is 0 Å². The van der Waals surface area contributed by atoms with Crippen LogP contribution in [0.25, 0.3) is 11.3 Å². The lowest BCUT2D eigenvalue weighted by molar-refractivity contribution is 0.102. The Morgan fingerprint density at radius 3 is 2.52 bits per heavy atom. The van der Waals surface area contributed by atoms with Crippen molar-refractivity contribution in [3.8, 4) is 17.0 Å². The number of ether oxygens (including phenoxy) is 1. The van der Waals surface area contributed by atoms with E-state index in [4.69, 9.17) is 4.74 Å². The number of aromatic nitrogens is 1. The molecule has 0 bridgehead atoms. The Labute approximate surface area is 155 Å². The van der Waals surface area contributed by atoms with Crippen molar-refractivity contribution in [1.82, 2.24) is 4.98 Å². The third-order valence-electron chi connectivity index (χ3n) is 3.54. The highest BCUT2D eigenvalue weighted by molar-refractivity contribution is 7.98. The Morgan fingerprint density at radius 1 is 1.16 bits per heavy atom. The van der Waals surface area contributed by atoms with E-state index >= 15 is 0 Å². The number of amides is 1. The second kappa shape index (κ2) is 8.18. The monoisotopic (exact) mass is 370 g/mol. The standard InChI is InChI=1S/C19H18N2O2S2/c1-3-23-15-8-4-13(5-9-15)17-12-25-19(20-17)21-18(22)14-6-10-16(24-2)11-7-14/h4-12H,3H2,1-2H3,(H,20,21,22). The molecule has 1 aromatic heterocycles. The Bertz CT molecular complexity index is 843. The summed E-state index contributed by atoms with van der Waals surface area (Å²) in [4.78, 5) is 17.9. The average Bonchev–Trinajstić information content (AvgIpc) is 3.11. The van der Waals surface area contributed by atoms with Gasteiger partial charge in [-0.3, -0.25) is 10.1 Å². The smallest absolute Gasteiger partial charge is 0.257 e. The van der Waals surface area contributed by atoms with Crippen LogP contribution in [-0.2, 0) is 0 Å². The summed E-state index contributed by atoms with van der Waals surface area (Å²) in [5, 5.41) is 5.37. The summed E-state index contributed by atoms with van der Waals surface area (Å²) in [5.41, 5.74) is 2.45. The van der Waals surface area contributed by atoms with Crippen LogP contribution in [0.3, 0.4) is 0 Å². The third kappa shape index (κ3) is 4.41. The van der Waals surface area contributed by atoms with Gasteiger partial charge in [0.05, 0.1) is 12.3 Å². The molecule has 0 radical (unpaired) electrons. The fourth-order valence-electron chi connectivity index (χ4n) is 2.26. The predicted molar refractivity (Wildman–Crippen MR) is 105 cm³/mol. The molecule has 0 aliphatic rings. The van der Waals surface area contributed by atoms with E-state index in [1.807, 2.05) is 67.1 Å². The fourth-order valence-corrected chi connectivity index (χ4v) is 3.39. The van der Waals surface area contributed by atoms with Gasteiger partial charge in [-0.05, 0) is 61.7 Å². The molecule has 0 unspecified atom stereocenters. The highest BCUT2D eigenvalue weighted by atomic mass is 32.2. The summed E-state index contributed by atoms with van der Waals surface area (Å²) in [5.74, 6) is 0.684. The van der Waals surface area contributed by atoms with Gasteiger partial charge in [-0.25, -0.2) is 4.98 Å². The van der Waals surface area contributed by atoms with Gasteiger partial charge in [-0.15, -0.1) is 23.1 Å². The zero-order valence-electron chi connectivity index (χ0n) is 14.0. The molecule has 3 aromatic rings. The molecule has 2 aromatic carbocycles. The lowest BCUT2D eigenvalue weighted by Crippen LogP contribution is -2.11. The van der Waals surface area contributed by atoms with E-state index in [2.05, 4.69) is 10.3 Å². The summed E-state index contributed by atoms with van der Waals surface area (Å²) in [6, 6.07) is 15.3. The maximum atomic E-state index is 12.3. The molecule has 25 heavy (non-hydrogen) atoms. The zero-order chi connectivity index (χ0) is 17.6. The van der Waals surface area contributed by atoms with E-state index < -0.39 is 0 Å². The van der Waals surface area contributed by atoms with Crippen molar-refractivity contribution >= 4 is 34.1 Å².